The number of nitrogens with zero attached hydrogens (tertiary/aromatic N) is 2. The molecule has 20 heavy (non-hydrogen) atoms. The van der Waals surface area contributed by atoms with Crippen LogP contribution in [0.1, 0.15) is 22.9 Å². The molecule has 1 N–H and O–H groups in total. The lowest BCUT2D eigenvalue weighted by atomic mass is 10.0. The van der Waals surface area contributed by atoms with Gasteiger partial charge in [-0.05, 0) is 19.5 Å². The Morgan fingerprint density at radius 2 is 1.95 bits per heavy atom. The van der Waals surface area contributed by atoms with Crippen molar-refractivity contribution < 1.29 is 13.5 Å². The summed E-state index contributed by atoms with van der Waals surface area (Å²) in [5, 5.41) is 2.92. The SMILES string of the molecule is CNC(c1cc(OC)ncn1)c1ccc(C)c(F)c1F. The molecule has 4 nitrogen and oxygen atoms in total. The van der Waals surface area contributed by atoms with E-state index in [4.69, 9.17) is 4.74 Å². The molecule has 6 heteroatoms. The van der Waals surface area contributed by atoms with Crippen LogP contribution in [0, 0.1) is 18.6 Å². The lowest BCUT2D eigenvalue weighted by molar-refractivity contribution is 0.394. The topological polar surface area (TPSA) is 47.0 Å². The number of rotatable bonds is 4. The molecule has 1 atom stereocenters. The molecule has 1 heterocycles. The Hall–Kier alpha value is -2.08. The van der Waals surface area contributed by atoms with Gasteiger partial charge in [-0.25, -0.2) is 18.7 Å². The predicted octanol–water partition coefficient (Wildman–Crippen LogP) is 2.38. The number of aromatic nitrogens is 2. The molecule has 2 rings (SSSR count). The van der Waals surface area contributed by atoms with Crippen molar-refractivity contribution in [3.8, 4) is 5.88 Å². The standard InChI is InChI=1S/C14H15F2N3O/c1-8-4-5-9(13(16)12(8)15)14(17-2)10-6-11(20-3)19-7-18-10/h4-7,14,17H,1-3H3. The molecule has 0 aliphatic carbocycles. The molecule has 2 aromatic rings. The molecule has 0 aliphatic rings. The van der Waals surface area contributed by atoms with E-state index in [1.54, 1.807) is 19.2 Å². The van der Waals surface area contributed by atoms with E-state index >= 15 is 0 Å². The number of hydrogen-bond acceptors (Lipinski definition) is 4. The number of aryl methyl sites for hydroxylation is 1. The first-order valence-electron chi connectivity index (χ1n) is 6.06. The van der Waals surface area contributed by atoms with Crippen molar-refractivity contribution in [2.75, 3.05) is 14.2 Å². The normalized spacial score (nSPS) is 12.2. The highest BCUT2D eigenvalue weighted by molar-refractivity contribution is 5.33. The van der Waals surface area contributed by atoms with Gasteiger partial charge in [-0.3, -0.25) is 0 Å². The first-order valence-corrected chi connectivity index (χ1v) is 6.06. The van der Waals surface area contributed by atoms with Crippen LogP contribution in [0.3, 0.4) is 0 Å². The minimum atomic E-state index is -0.873. The summed E-state index contributed by atoms with van der Waals surface area (Å²) in [6, 6.07) is 4.08. The Morgan fingerprint density at radius 1 is 1.20 bits per heavy atom. The molecular formula is C14H15F2N3O. The van der Waals surface area contributed by atoms with Crippen LogP contribution in [0.2, 0.25) is 0 Å². The number of hydrogen-bond donors (Lipinski definition) is 1. The van der Waals surface area contributed by atoms with Gasteiger partial charge in [0.05, 0.1) is 18.8 Å². The summed E-state index contributed by atoms with van der Waals surface area (Å²) in [6.45, 7) is 1.52. The molecule has 0 saturated carbocycles. The van der Waals surface area contributed by atoms with Crippen LogP contribution in [0.4, 0.5) is 8.78 Å². The molecule has 0 spiro atoms. The fourth-order valence-electron chi connectivity index (χ4n) is 1.97. The molecule has 0 amide bonds. The molecular weight excluding hydrogens is 264 g/mol. The van der Waals surface area contributed by atoms with Crippen LogP contribution < -0.4 is 10.1 Å². The molecule has 0 saturated heterocycles. The predicted molar refractivity (Wildman–Crippen MR) is 70.6 cm³/mol. The van der Waals surface area contributed by atoms with Crippen molar-refractivity contribution >= 4 is 0 Å². The van der Waals surface area contributed by atoms with Crippen LogP contribution in [0.25, 0.3) is 0 Å². The Balaban J connectivity index is 2.49. The zero-order valence-corrected chi connectivity index (χ0v) is 11.4. The summed E-state index contributed by atoms with van der Waals surface area (Å²) in [5.74, 6) is -1.35. The van der Waals surface area contributed by atoms with Gasteiger partial charge in [0, 0.05) is 11.6 Å². The van der Waals surface area contributed by atoms with Gasteiger partial charge < -0.3 is 10.1 Å². The van der Waals surface area contributed by atoms with E-state index in [1.165, 1.54) is 26.4 Å². The summed E-state index contributed by atoms with van der Waals surface area (Å²) in [7, 11) is 3.13. The molecule has 1 unspecified atom stereocenters. The second-order valence-corrected chi connectivity index (χ2v) is 4.31. The fourth-order valence-corrected chi connectivity index (χ4v) is 1.97. The molecule has 1 aromatic heterocycles. The summed E-state index contributed by atoms with van der Waals surface area (Å²) in [4.78, 5) is 7.98. The maximum absolute atomic E-state index is 14.1. The van der Waals surface area contributed by atoms with E-state index in [0.29, 0.717) is 11.6 Å². The van der Waals surface area contributed by atoms with E-state index in [9.17, 15) is 8.78 Å². The van der Waals surface area contributed by atoms with Crippen LogP contribution in [-0.4, -0.2) is 24.1 Å². The quantitative estimate of drug-likeness (QED) is 0.933. The van der Waals surface area contributed by atoms with Gasteiger partial charge >= 0.3 is 0 Å². The number of nitrogens with one attached hydrogen (secondary N) is 1. The Kier molecular flexibility index (Phi) is 4.24. The highest BCUT2D eigenvalue weighted by Gasteiger charge is 2.21. The van der Waals surface area contributed by atoms with Gasteiger partial charge in [0.15, 0.2) is 11.6 Å². The van der Waals surface area contributed by atoms with Crippen molar-refractivity contribution in [1.82, 2.24) is 15.3 Å². The van der Waals surface area contributed by atoms with Crippen molar-refractivity contribution in [3.63, 3.8) is 0 Å². The number of benzene rings is 1. The van der Waals surface area contributed by atoms with Crippen LogP contribution in [-0.2, 0) is 0 Å². The van der Waals surface area contributed by atoms with Crippen LogP contribution in [0.5, 0.6) is 5.88 Å². The smallest absolute Gasteiger partial charge is 0.216 e. The van der Waals surface area contributed by atoms with Crippen LogP contribution >= 0.6 is 0 Å². The van der Waals surface area contributed by atoms with E-state index in [1.807, 2.05) is 0 Å². The van der Waals surface area contributed by atoms with E-state index in [0.717, 1.165) is 0 Å². The minimum absolute atomic E-state index is 0.191. The second kappa shape index (κ2) is 5.92. The number of halogens is 2. The maximum Gasteiger partial charge on any atom is 0.216 e. The van der Waals surface area contributed by atoms with E-state index in [-0.39, 0.29) is 11.1 Å². The summed E-state index contributed by atoms with van der Waals surface area (Å²) in [5.41, 5.74) is 0.958. The van der Waals surface area contributed by atoms with E-state index < -0.39 is 17.7 Å². The monoisotopic (exact) mass is 279 g/mol. The zero-order chi connectivity index (χ0) is 14.7. The van der Waals surface area contributed by atoms with Crippen molar-refractivity contribution in [2.45, 2.75) is 13.0 Å². The summed E-state index contributed by atoms with van der Waals surface area (Å²) >= 11 is 0. The first-order chi connectivity index (χ1) is 9.58. The van der Waals surface area contributed by atoms with Gasteiger partial charge in [-0.1, -0.05) is 12.1 Å². The Labute approximate surface area is 115 Å². The Bertz CT molecular complexity index is 619. The average molecular weight is 279 g/mol. The summed E-state index contributed by atoms with van der Waals surface area (Å²) < 4.78 is 32.8. The third-order valence-electron chi connectivity index (χ3n) is 3.07. The van der Waals surface area contributed by atoms with Crippen molar-refractivity contribution in [1.29, 1.82) is 0 Å². The molecule has 0 radical (unpaired) electrons. The van der Waals surface area contributed by atoms with Crippen molar-refractivity contribution in [3.05, 3.63) is 53.0 Å². The van der Waals surface area contributed by atoms with Gasteiger partial charge in [-0.2, -0.15) is 0 Å². The van der Waals surface area contributed by atoms with Crippen LogP contribution in [0.15, 0.2) is 24.5 Å². The zero-order valence-electron chi connectivity index (χ0n) is 11.4. The number of ether oxygens (including phenoxy) is 1. The average Bonchev–Trinajstić information content (AvgIpc) is 2.48. The molecule has 0 fully saturated rings. The maximum atomic E-state index is 14.1. The Morgan fingerprint density at radius 3 is 2.60 bits per heavy atom. The van der Waals surface area contributed by atoms with Gasteiger partial charge in [0.2, 0.25) is 5.88 Å². The summed E-state index contributed by atoms with van der Waals surface area (Å²) in [6.07, 6.45) is 1.32. The lowest BCUT2D eigenvalue weighted by Gasteiger charge is -2.18. The van der Waals surface area contributed by atoms with Crippen molar-refractivity contribution in [2.24, 2.45) is 0 Å². The molecule has 0 bridgehead atoms. The lowest BCUT2D eigenvalue weighted by Crippen LogP contribution is -2.21. The highest BCUT2D eigenvalue weighted by atomic mass is 19.2. The molecule has 106 valence electrons. The first kappa shape index (κ1) is 14.3. The molecule has 0 aliphatic heterocycles. The third kappa shape index (κ3) is 2.60. The van der Waals surface area contributed by atoms with E-state index in [2.05, 4.69) is 15.3 Å². The third-order valence-corrected chi connectivity index (χ3v) is 3.07. The van der Waals surface area contributed by atoms with Gasteiger partial charge in [0.25, 0.3) is 0 Å². The fraction of sp³-hybridized carbons (Fsp3) is 0.286. The molecule has 1 aromatic carbocycles. The van der Waals surface area contributed by atoms with Gasteiger partial charge in [0.1, 0.15) is 6.33 Å². The second-order valence-electron chi connectivity index (χ2n) is 4.31. The minimum Gasteiger partial charge on any atom is -0.481 e. The largest absolute Gasteiger partial charge is 0.481 e. The van der Waals surface area contributed by atoms with Gasteiger partial charge in [-0.15, -0.1) is 0 Å². The highest BCUT2D eigenvalue weighted by Crippen LogP contribution is 2.26. The number of methoxy groups -OCH3 is 1.